The van der Waals surface area contributed by atoms with Crippen molar-refractivity contribution >= 4 is 76.5 Å². The average Bonchev–Trinajstić information content (AvgIpc) is 4.08. The highest BCUT2D eigenvalue weighted by Gasteiger charge is 2.25. The minimum absolute atomic E-state index is 0.514. The summed E-state index contributed by atoms with van der Waals surface area (Å²) in [5.41, 5.74) is 10.3. The zero-order valence-corrected chi connectivity index (χ0v) is 31.9. The Morgan fingerprint density at radius 1 is 0.333 bits per heavy atom. The van der Waals surface area contributed by atoms with Crippen LogP contribution in [0.3, 0.4) is 0 Å². The summed E-state index contributed by atoms with van der Waals surface area (Å²) in [6, 6.07) is 64.9. The highest BCUT2D eigenvalue weighted by Crippen LogP contribution is 2.43. The van der Waals surface area contributed by atoms with Crippen LogP contribution in [0.4, 0.5) is 0 Å². The summed E-state index contributed by atoms with van der Waals surface area (Å²) in [5.74, 6) is 2.21. The van der Waals surface area contributed by atoms with Gasteiger partial charge in [-0.3, -0.25) is 9.13 Å². The molecular weight excluding hydrogens is 739 g/mol. The van der Waals surface area contributed by atoms with E-state index in [0.717, 1.165) is 87.7 Å². The van der Waals surface area contributed by atoms with Crippen LogP contribution in [0.2, 0.25) is 0 Å². The van der Waals surface area contributed by atoms with Gasteiger partial charge in [0.1, 0.15) is 5.52 Å². The Morgan fingerprint density at radius 2 is 0.800 bits per heavy atom. The van der Waals surface area contributed by atoms with Gasteiger partial charge in [-0.15, -0.1) is 0 Å². The second-order valence-corrected chi connectivity index (χ2v) is 15.1. The van der Waals surface area contributed by atoms with E-state index in [0.29, 0.717) is 29.2 Å². The monoisotopic (exact) mass is 769 g/mol. The fourth-order valence-electron chi connectivity index (χ4n) is 9.18. The highest BCUT2D eigenvalue weighted by atomic mass is 16.3. The molecule has 60 heavy (non-hydrogen) atoms. The molecule has 0 fully saturated rings. The molecule has 13 aromatic rings. The van der Waals surface area contributed by atoms with Crippen LogP contribution in [0.15, 0.2) is 192 Å². The molecule has 0 amide bonds. The van der Waals surface area contributed by atoms with E-state index in [2.05, 4.69) is 147 Å². The number of para-hydroxylation sites is 5. The maximum Gasteiger partial charge on any atom is 0.240 e. The molecule has 0 aliphatic carbocycles. The van der Waals surface area contributed by atoms with Gasteiger partial charge in [-0.25, -0.2) is 4.98 Å². The van der Waals surface area contributed by atoms with E-state index < -0.39 is 0 Å². The Kier molecular flexibility index (Phi) is 6.85. The lowest BCUT2D eigenvalue weighted by Crippen LogP contribution is -2.10. The van der Waals surface area contributed by atoms with E-state index in [1.807, 2.05) is 54.6 Å². The van der Waals surface area contributed by atoms with Crippen molar-refractivity contribution < 1.29 is 4.42 Å². The topological polar surface area (TPSA) is 79.5 Å². The number of hydrogen-bond acceptors (Lipinski definition) is 5. The lowest BCUT2D eigenvalue weighted by molar-refractivity contribution is 0.618. The van der Waals surface area contributed by atoms with Gasteiger partial charge in [0.15, 0.2) is 11.4 Å². The summed E-state index contributed by atoms with van der Waals surface area (Å²) < 4.78 is 13.4. The van der Waals surface area contributed by atoms with Crippen LogP contribution < -0.4 is 0 Å². The molecule has 0 N–H and O–H groups in total. The van der Waals surface area contributed by atoms with Gasteiger partial charge in [-0.05, 0) is 48.5 Å². The van der Waals surface area contributed by atoms with Gasteiger partial charge in [0.2, 0.25) is 17.8 Å². The summed E-state index contributed by atoms with van der Waals surface area (Å²) in [7, 11) is 0. The average molecular weight is 770 g/mol. The summed E-state index contributed by atoms with van der Waals surface area (Å²) in [6.45, 7) is 0. The van der Waals surface area contributed by atoms with Gasteiger partial charge in [0.25, 0.3) is 0 Å². The quantitative estimate of drug-likeness (QED) is 0.174. The number of nitrogens with zero attached hydrogens (tertiary/aromatic N) is 7. The summed E-state index contributed by atoms with van der Waals surface area (Å²) in [6.07, 6.45) is 0. The first-order valence-electron chi connectivity index (χ1n) is 20.0. The molecule has 0 bridgehead atoms. The van der Waals surface area contributed by atoms with Crippen molar-refractivity contribution in [3.63, 3.8) is 0 Å². The third-order valence-electron chi connectivity index (χ3n) is 11.7. The maximum absolute atomic E-state index is 6.71. The van der Waals surface area contributed by atoms with Crippen LogP contribution in [-0.2, 0) is 0 Å². The third-order valence-corrected chi connectivity index (χ3v) is 11.7. The Balaban J connectivity index is 1.18. The van der Waals surface area contributed by atoms with Gasteiger partial charge >= 0.3 is 0 Å². The second-order valence-electron chi connectivity index (χ2n) is 15.1. The summed E-state index contributed by atoms with van der Waals surface area (Å²) in [4.78, 5) is 21.0. The van der Waals surface area contributed by atoms with Gasteiger partial charge in [-0.2, -0.15) is 15.0 Å². The van der Waals surface area contributed by atoms with Crippen LogP contribution >= 0.6 is 0 Å². The van der Waals surface area contributed by atoms with E-state index in [1.165, 1.54) is 0 Å². The first-order valence-corrected chi connectivity index (χ1v) is 20.0. The van der Waals surface area contributed by atoms with E-state index >= 15 is 0 Å². The SMILES string of the molecule is c1ccc(-c2nc(-n3c4ccccc4c4ccccc43)nc(-n3c4ccccc4c4ccc5c6ccccc6n(-c6cccc7nc(-c8ccccc8)oc67)c5c43)n2)cc1. The molecule has 8 aromatic carbocycles. The van der Waals surface area contributed by atoms with E-state index in [9.17, 15) is 0 Å². The molecule has 280 valence electrons. The lowest BCUT2D eigenvalue weighted by atomic mass is 10.1. The first-order chi connectivity index (χ1) is 29.8. The molecule has 0 radical (unpaired) electrons. The predicted molar refractivity (Wildman–Crippen MR) is 241 cm³/mol. The third kappa shape index (κ3) is 4.67. The standard InChI is InChI=1S/C52H31N7O/c1-3-16-32(17-4-1)49-54-51(58-42-26-12-7-20-34(42)35-21-8-13-27-43(35)58)56-52(55-49)59-44-28-14-10-23-37(44)39-31-30-38-36-22-9-11-25-41(36)57(46(38)47(39)59)45-29-15-24-40-48(45)60-50(53-40)33-18-5-2-6-19-33/h1-31H. The van der Waals surface area contributed by atoms with Crippen LogP contribution in [0.1, 0.15) is 0 Å². The maximum atomic E-state index is 6.71. The number of rotatable bonds is 5. The van der Waals surface area contributed by atoms with Gasteiger partial charge in [0.05, 0.1) is 38.8 Å². The molecule has 0 spiro atoms. The number of aromatic nitrogens is 7. The number of fused-ring (bicyclic) bond motifs is 11. The summed E-state index contributed by atoms with van der Waals surface area (Å²) >= 11 is 0. The fourth-order valence-corrected chi connectivity index (χ4v) is 9.18. The Bertz CT molecular complexity index is 3780. The number of oxazole rings is 1. The smallest absolute Gasteiger partial charge is 0.240 e. The van der Waals surface area contributed by atoms with Gasteiger partial charge in [-0.1, -0.05) is 140 Å². The van der Waals surface area contributed by atoms with Crippen molar-refractivity contribution in [2.45, 2.75) is 0 Å². The molecular formula is C52H31N7O. The van der Waals surface area contributed by atoms with Crippen molar-refractivity contribution in [3.05, 3.63) is 188 Å². The molecule has 0 saturated heterocycles. The second kappa shape index (κ2) is 12.6. The molecule has 13 rings (SSSR count). The zero-order chi connectivity index (χ0) is 39.3. The molecule has 5 heterocycles. The fraction of sp³-hybridized carbons (Fsp3) is 0. The van der Waals surface area contributed by atoms with E-state index in [-0.39, 0.29) is 0 Å². The molecule has 5 aromatic heterocycles. The number of benzene rings is 8. The first kappa shape index (κ1) is 32.7. The van der Waals surface area contributed by atoms with Crippen molar-refractivity contribution in [2.24, 2.45) is 0 Å². The minimum Gasteiger partial charge on any atom is -0.434 e. The van der Waals surface area contributed by atoms with E-state index in [1.54, 1.807) is 0 Å². The molecule has 0 unspecified atom stereocenters. The van der Waals surface area contributed by atoms with Crippen molar-refractivity contribution in [2.75, 3.05) is 0 Å². The molecule has 0 aliphatic heterocycles. The normalized spacial score (nSPS) is 12.0. The minimum atomic E-state index is 0.514. The van der Waals surface area contributed by atoms with Crippen molar-refractivity contribution in [1.29, 1.82) is 0 Å². The zero-order valence-electron chi connectivity index (χ0n) is 31.9. The number of hydrogen-bond donors (Lipinski definition) is 0. The molecule has 8 heteroatoms. The van der Waals surface area contributed by atoms with Crippen LogP contribution in [0, 0.1) is 0 Å². The molecule has 0 atom stereocenters. The van der Waals surface area contributed by atoms with Crippen molar-refractivity contribution in [1.82, 2.24) is 33.6 Å². The van der Waals surface area contributed by atoms with Crippen LogP contribution in [-0.4, -0.2) is 33.6 Å². The van der Waals surface area contributed by atoms with Gasteiger partial charge < -0.3 is 8.98 Å². The van der Waals surface area contributed by atoms with Gasteiger partial charge in [0, 0.05) is 43.4 Å². The van der Waals surface area contributed by atoms with Crippen LogP contribution in [0.5, 0.6) is 0 Å². The Labute approximate surface area is 341 Å². The lowest BCUT2D eigenvalue weighted by Gasteiger charge is -2.14. The molecule has 0 aliphatic rings. The van der Waals surface area contributed by atoms with Crippen molar-refractivity contribution in [3.8, 4) is 40.4 Å². The Hall–Kier alpha value is -8.36. The largest absolute Gasteiger partial charge is 0.434 e. The highest BCUT2D eigenvalue weighted by molar-refractivity contribution is 6.24. The summed E-state index contributed by atoms with van der Waals surface area (Å²) in [5, 5.41) is 6.67. The molecule has 8 nitrogen and oxygen atoms in total. The molecule has 0 saturated carbocycles. The van der Waals surface area contributed by atoms with Crippen LogP contribution in [0.25, 0.3) is 117 Å². The van der Waals surface area contributed by atoms with E-state index in [4.69, 9.17) is 24.4 Å². The predicted octanol–water partition coefficient (Wildman–Crippen LogP) is 12.6. The Morgan fingerprint density at radius 3 is 1.40 bits per heavy atom.